The van der Waals surface area contributed by atoms with E-state index in [1.54, 1.807) is 34.9 Å². The molecule has 25 heavy (non-hydrogen) atoms. The predicted octanol–water partition coefficient (Wildman–Crippen LogP) is 4.71. The normalized spacial score (nSPS) is 17.0. The molecule has 1 fully saturated rings. The summed E-state index contributed by atoms with van der Waals surface area (Å²) in [7, 11) is 0. The zero-order valence-electron chi connectivity index (χ0n) is 13.5. The quantitative estimate of drug-likeness (QED) is 0.763. The van der Waals surface area contributed by atoms with E-state index in [0.717, 1.165) is 10.6 Å². The number of nitrogens with zero attached hydrogens (tertiary/aromatic N) is 1. The van der Waals surface area contributed by atoms with Gasteiger partial charge in [0.1, 0.15) is 0 Å². The van der Waals surface area contributed by atoms with E-state index in [1.165, 1.54) is 0 Å². The van der Waals surface area contributed by atoms with Crippen LogP contribution in [0.2, 0.25) is 10.0 Å². The maximum Gasteiger partial charge on any atom is 0.229 e. The van der Waals surface area contributed by atoms with Crippen molar-refractivity contribution in [1.82, 2.24) is 0 Å². The summed E-state index contributed by atoms with van der Waals surface area (Å²) in [5, 5.41) is 3.44. The van der Waals surface area contributed by atoms with Gasteiger partial charge in [0.25, 0.3) is 0 Å². The molecule has 0 aliphatic carbocycles. The molecule has 0 saturated carbocycles. The lowest BCUT2D eigenvalue weighted by Crippen LogP contribution is -2.28. The number of carbonyl (C=O) groups is 2. The SMILES string of the molecule is CSc1ccc(N2CC(C(=O)Nc3cccc(Cl)c3Cl)CC2=O)cc1. The van der Waals surface area contributed by atoms with Gasteiger partial charge in [-0.15, -0.1) is 11.8 Å². The van der Waals surface area contributed by atoms with Crippen LogP contribution in [0, 0.1) is 5.92 Å². The first-order chi connectivity index (χ1) is 12.0. The van der Waals surface area contributed by atoms with Crippen LogP contribution in [0.1, 0.15) is 6.42 Å². The number of thioether (sulfide) groups is 1. The van der Waals surface area contributed by atoms with Crippen molar-refractivity contribution in [3.63, 3.8) is 0 Å². The molecule has 0 bridgehead atoms. The lowest BCUT2D eigenvalue weighted by Gasteiger charge is -2.17. The minimum absolute atomic E-state index is 0.0609. The van der Waals surface area contributed by atoms with Crippen LogP contribution in [-0.4, -0.2) is 24.6 Å². The Morgan fingerprint density at radius 2 is 1.92 bits per heavy atom. The molecule has 0 spiro atoms. The Morgan fingerprint density at radius 3 is 2.60 bits per heavy atom. The van der Waals surface area contributed by atoms with Crippen molar-refractivity contribution >= 4 is 58.2 Å². The first-order valence-electron chi connectivity index (χ1n) is 7.69. The van der Waals surface area contributed by atoms with Gasteiger partial charge in [-0.3, -0.25) is 9.59 Å². The predicted molar refractivity (Wildman–Crippen MR) is 104 cm³/mol. The standard InChI is InChI=1S/C18H16Cl2N2O2S/c1-25-13-7-5-12(6-8-13)22-10-11(9-16(22)23)18(24)21-15-4-2-3-14(19)17(15)20/h2-8,11H,9-10H2,1H3,(H,21,24). The Kier molecular flexibility index (Phi) is 5.57. The van der Waals surface area contributed by atoms with Gasteiger partial charge < -0.3 is 10.2 Å². The van der Waals surface area contributed by atoms with Crippen LogP contribution in [0.3, 0.4) is 0 Å². The summed E-state index contributed by atoms with van der Waals surface area (Å²) in [6, 6.07) is 12.8. The molecule has 1 atom stereocenters. The number of benzene rings is 2. The van der Waals surface area contributed by atoms with Crippen molar-refractivity contribution in [2.75, 3.05) is 23.0 Å². The average molecular weight is 395 g/mol. The van der Waals surface area contributed by atoms with Gasteiger partial charge in [-0.1, -0.05) is 29.3 Å². The summed E-state index contributed by atoms with van der Waals surface area (Å²) in [4.78, 5) is 27.6. The summed E-state index contributed by atoms with van der Waals surface area (Å²) in [5.74, 6) is -0.724. The van der Waals surface area contributed by atoms with Crippen LogP contribution < -0.4 is 10.2 Å². The number of halogens is 2. The fraction of sp³-hybridized carbons (Fsp3) is 0.222. The average Bonchev–Trinajstić information content (AvgIpc) is 3.01. The van der Waals surface area contributed by atoms with Crippen LogP contribution in [0.4, 0.5) is 11.4 Å². The lowest BCUT2D eigenvalue weighted by molar-refractivity contribution is -0.122. The summed E-state index contributed by atoms with van der Waals surface area (Å²) < 4.78 is 0. The molecule has 1 unspecified atom stereocenters. The van der Waals surface area contributed by atoms with Crippen molar-refractivity contribution in [3.8, 4) is 0 Å². The molecule has 1 N–H and O–H groups in total. The van der Waals surface area contributed by atoms with Crippen molar-refractivity contribution in [1.29, 1.82) is 0 Å². The van der Waals surface area contributed by atoms with E-state index < -0.39 is 5.92 Å². The third-order valence-corrected chi connectivity index (χ3v) is 5.65. The van der Waals surface area contributed by atoms with Crippen LogP contribution in [-0.2, 0) is 9.59 Å². The minimum Gasteiger partial charge on any atom is -0.324 e. The van der Waals surface area contributed by atoms with E-state index in [0.29, 0.717) is 22.3 Å². The van der Waals surface area contributed by atoms with Crippen molar-refractivity contribution in [2.24, 2.45) is 5.92 Å². The Hall–Kier alpha value is -1.69. The molecule has 1 saturated heterocycles. The van der Waals surface area contributed by atoms with Gasteiger partial charge in [0.15, 0.2) is 0 Å². The van der Waals surface area contributed by atoms with E-state index in [-0.39, 0.29) is 18.2 Å². The number of nitrogens with one attached hydrogen (secondary N) is 1. The molecule has 2 aromatic carbocycles. The number of carbonyl (C=O) groups excluding carboxylic acids is 2. The van der Waals surface area contributed by atoms with Crippen molar-refractivity contribution < 1.29 is 9.59 Å². The van der Waals surface area contributed by atoms with Crippen LogP contribution in [0.25, 0.3) is 0 Å². The van der Waals surface area contributed by atoms with Gasteiger partial charge >= 0.3 is 0 Å². The van der Waals surface area contributed by atoms with Crippen LogP contribution >= 0.6 is 35.0 Å². The largest absolute Gasteiger partial charge is 0.324 e. The fourth-order valence-corrected chi connectivity index (χ4v) is 3.49. The molecular weight excluding hydrogens is 379 g/mol. The first-order valence-corrected chi connectivity index (χ1v) is 9.67. The Labute approximate surface area is 160 Å². The van der Waals surface area contributed by atoms with E-state index in [4.69, 9.17) is 23.2 Å². The molecular formula is C18H16Cl2N2O2S. The number of rotatable bonds is 4. The summed E-state index contributed by atoms with van der Waals surface area (Å²) in [6.45, 7) is 0.349. The Balaban J connectivity index is 1.71. The van der Waals surface area contributed by atoms with Crippen molar-refractivity contribution in [2.45, 2.75) is 11.3 Å². The van der Waals surface area contributed by atoms with Gasteiger partial charge in [-0.25, -0.2) is 0 Å². The number of hydrogen-bond donors (Lipinski definition) is 1. The molecule has 130 valence electrons. The van der Waals surface area contributed by atoms with E-state index in [2.05, 4.69) is 5.32 Å². The van der Waals surface area contributed by atoms with E-state index in [1.807, 2.05) is 30.5 Å². The van der Waals surface area contributed by atoms with Crippen LogP contribution in [0.5, 0.6) is 0 Å². The van der Waals surface area contributed by atoms with Gasteiger partial charge in [0.05, 0.1) is 21.7 Å². The Morgan fingerprint density at radius 1 is 1.20 bits per heavy atom. The molecule has 1 aliphatic rings. The third kappa shape index (κ3) is 3.94. The van der Waals surface area contributed by atoms with Gasteiger partial charge in [-0.2, -0.15) is 0 Å². The fourth-order valence-electron chi connectivity index (χ4n) is 2.73. The monoisotopic (exact) mass is 394 g/mol. The smallest absolute Gasteiger partial charge is 0.229 e. The highest BCUT2D eigenvalue weighted by molar-refractivity contribution is 7.98. The van der Waals surface area contributed by atoms with Gasteiger partial charge in [-0.05, 0) is 42.7 Å². The number of amides is 2. The molecule has 0 radical (unpaired) electrons. The lowest BCUT2D eigenvalue weighted by atomic mass is 10.1. The van der Waals surface area contributed by atoms with E-state index >= 15 is 0 Å². The maximum absolute atomic E-state index is 12.5. The summed E-state index contributed by atoms with van der Waals surface area (Å²) >= 11 is 13.7. The van der Waals surface area contributed by atoms with Crippen LogP contribution in [0.15, 0.2) is 47.4 Å². The third-order valence-electron chi connectivity index (χ3n) is 4.09. The van der Waals surface area contributed by atoms with Crippen molar-refractivity contribution in [3.05, 3.63) is 52.5 Å². The molecule has 2 aromatic rings. The molecule has 0 aromatic heterocycles. The second-order valence-corrected chi connectivity index (χ2v) is 7.36. The summed E-state index contributed by atoms with van der Waals surface area (Å²) in [6.07, 6.45) is 2.17. The second-order valence-electron chi connectivity index (χ2n) is 5.69. The maximum atomic E-state index is 12.5. The highest BCUT2D eigenvalue weighted by atomic mass is 35.5. The zero-order valence-corrected chi connectivity index (χ0v) is 15.8. The zero-order chi connectivity index (χ0) is 18.0. The first kappa shape index (κ1) is 18.1. The van der Waals surface area contributed by atoms with E-state index in [9.17, 15) is 9.59 Å². The Bertz CT molecular complexity index is 811. The number of hydrogen-bond acceptors (Lipinski definition) is 3. The molecule has 1 heterocycles. The molecule has 1 aliphatic heterocycles. The van der Waals surface area contributed by atoms with Gasteiger partial charge in [0, 0.05) is 23.5 Å². The number of anilines is 2. The highest BCUT2D eigenvalue weighted by Gasteiger charge is 2.35. The minimum atomic E-state index is -0.428. The van der Waals surface area contributed by atoms with Gasteiger partial charge in [0.2, 0.25) is 11.8 Å². The molecule has 2 amide bonds. The second kappa shape index (κ2) is 7.68. The topological polar surface area (TPSA) is 49.4 Å². The highest BCUT2D eigenvalue weighted by Crippen LogP contribution is 2.31. The molecule has 3 rings (SSSR count). The molecule has 7 heteroatoms. The summed E-state index contributed by atoms with van der Waals surface area (Å²) in [5.41, 5.74) is 1.26. The molecule has 4 nitrogen and oxygen atoms in total.